The zero-order chi connectivity index (χ0) is 24.7. The zero-order valence-electron chi connectivity index (χ0n) is 19.1. The summed E-state index contributed by atoms with van der Waals surface area (Å²) in [5, 5.41) is 5.54. The van der Waals surface area contributed by atoms with Crippen LogP contribution in [-0.2, 0) is 4.79 Å². The number of benzene rings is 3. The molecule has 0 heterocycles. The molecule has 0 saturated carbocycles. The van der Waals surface area contributed by atoms with Crippen molar-refractivity contribution < 1.29 is 33.3 Å². The highest BCUT2D eigenvalue weighted by atomic mass is 16.5. The maximum atomic E-state index is 12.8. The van der Waals surface area contributed by atoms with Gasteiger partial charge in [-0.05, 0) is 48.5 Å². The standard InChI is InChI=1S/C25H24N2O7/c1-15(28)34-20-10-5-7-16(11-20)24(29)26-18-8-6-9-19(14-18)27-25(30)17-12-21(31-2)23(33-4)22(13-17)32-3/h5-14H,1-4H3,(H,26,29)(H,27,30). The maximum Gasteiger partial charge on any atom is 0.308 e. The van der Waals surface area contributed by atoms with Crippen LogP contribution in [-0.4, -0.2) is 39.1 Å². The molecule has 0 aliphatic heterocycles. The van der Waals surface area contributed by atoms with E-state index in [1.54, 1.807) is 54.6 Å². The molecule has 3 aromatic carbocycles. The molecule has 3 aromatic rings. The summed E-state index contributed by atoms with van der Waals surface area (Å²) in [6.45, 7) is 1.28. The molecule has 0 fully saturated rings. The average Bonchev–Trinajstić information content (AvgIpc) is 2.82. The number of hydrogen-bond acceptors (Lipinski definition) is 7. The third kappa shape index (κ3) is 5.83. The van der Waals surface area contributed by atoms with Crippen LogP contribution in [0.2, 0.25) is 0 Å². The van der Waals surface area contributed by atoms with Crippen LogP contribution in [0.3, 0.4) is 0 Å². The van der Waals surface area contributed by atoms with E-state index in [1.807, 2.05) is 0 Å². The van der Waals surface area contributed by atoms with Gasteiger partial charge in [-0.3, -0.25) is 14.4 Å². The summed E-state index contributed by atoms with van der Waals surface area (Å²) in [5.74, 6) is 0.0653. The molecule has 34 heavy (non-hydrogen) atoms. The number of nitrogens with one attached hydrogen (secondary N) is 2. The van der Waals surface area contributed by atoms with Crippen molar-refractivity contribution in [3.05, 3.63) is 71.8 Å². The lowest BCUT2D eigenvalue weighted by atomic mass is 10.1. The Morgan fingerprint density at radius 2 is 1.24 bits per heavy atom. The van der Waals surface area contributed by atoms with Gasteiger partial charge in [0.2, 0.25) is 5.75 Å². The number of carbonyl (C=O) groups excluding carboxylic acids is 3. The van der Waals surface area contributed by atoms with Crippen molar-refractivity contribution in [2.75, 3.05) is 32.0 Å². The van der Waals surface area contributed by atoms with Crippen LogP contribution >= 0.6 is 0 Å². The largest absolute Gasteiger partial charge is 0.493 e. The first-order chi connectivity index (χ1) is 16.3. The fourth-order valence-electron chi connectivity index (χ4n) is 3.16. The first-order valence-corrected chi connectivity index (χ1v) is 10.2. The highest BCUT2D eigenvalue weighted by Gasteiger charge is 2.17. The number of esters is 1. The van der Waals surface area contributed by atoms with Crippen LogP contribution in [0.4, 0.5) is 11.4 Å². The average molecular weight is 464 g/mol. The van der Waals surface area contributed by atoms with Gasteiger partial charge in [0.25, 0.3) is 11.8 Å². The Bertz CT molecular complexity index is 1200. The Kier molecular flexibility index (Phi) is 7.71. The molecule has 0 aliphatic rings. The Labute approximate surface area is 196 Å². The number of ether oxygens (including phenoxy) is 4. The van der Waals surface area contributed by atoms with Gasteiger partial charge in [-0.1, -0.05) is 12.1 Å². The molecule has 2 amide bonds. The minimum Gasteiger partial charge on any atom is -0.493 e. The number of anilines is 2. The summed E-state index contributed by atoms with van der Waals surface area (Å²) >= 11 is 0. The van der Waals surface area contributed by atoms with Gasteiger partial charge in [-0.15, -0.1) is 0 Å². The van der Waals surface area contributed by atoms with Crippen LogP contribution in [0.1, 0.15) is 27.6 Å². The summed E-state index contributed by atoms with van der Waals surface area (Å²) in [6, 6.07) is 16.0. The van der Waals surface area contributed by atoms with Gasteiger partial charge in [0.05, 0.1) is 21.3 Å². The summed E-state index contributed by atoms with van der Waals surface area (Å²) in [7, 11) is 4.41. The van der Waals surface area contributed by atoms with Gasteiger partial charge in [0.15, 0.2) is 11.5 Å². The molecule has 0 radical (unpaired) electrons. The molecule has 0 spiro atoms. The summed E-state index contributed by atoms with van der Waals surface area (Å²) in [4.78, 5) is 36.6. The first-order valence-electron chi connectivity index (χ1n) is 10.2. The van der Waals surface area contributed by atoms with Crippen LogP contribution in [0, 0.1) is 0 Å². The Balaban J connectivity index is 1.75. The number of rotatable bonds is 8. The number of methoxy groups -OCH3 is 3. The normalized spacial score (nSPS) is 10.1. The van der Waals surface area contributed by atoms with E-state index in [0.29, 0.717) is 39.8 Å². The SMILES string of the molecule is COc1cc(C(=O)Nc2cccc(NC(=O)c3cccc(OC(C)=O)c3)c2)cc(OC)c1OC. The topological polar surface area (TPSA) is 112 Å². The quantitative estimate of drug-likeness (QED) is 0.381. The third-order valence-electron chi connectivity index (χ3n) is 4.66. The smallest absolute Gasteiger partial charge is 0.308 e. The molecule has 0 unspecified atom stereocenters. The van der Waals surface area contributed by atoms with Gasteiger partial charge in [-0.25, -0.2) is 0 Å². The van der Waals surface area contributed by atoms with Crippen molar-refractivity contribution in [2.24, 2.45) is 0 Å². The monoisotopic (exact) mass is 464 g/mol. The number of carbonyl (C=O) groups is 3. The molecule has 0 atom stereocenters. The summed E-state index contributed by atoms with van der Waals surface area (Å²) in [6.07, 6.45) is 0. The molecule has 3 rings (SSSR count). The van der Waals surface area contributed by atoms with Crippen LogP contribution in [0.5, 0.6) is 23.0 Å². The molecule has 176 valence electrons. The highest BCUT2D eigenvalue weighted by Crippen LogP contribution is 2.38. The van der Waals surface area contributed by atoms with Crippen molar-refractivity contribution in [3.8, 4) is 23.0 Å². The van der Waals surface area contributed by atoms with E-state index in [0.717, 1.165) is 0 Å². The van der Waals surface area contributed by atoms with Crippen molar-refractivity contribution in [1.29, 1.82) is 0 Å². The van der Waals surface area contributed by atoms with E-state index in [1.165, 1.54) is 34.3 Å². The van der Waals surface area contributed by atoms with Gasteiger partial charge in [0, 0.05) is 29.4 Å². The maximum absolute atomic E-state index is 12.8. The predicted octanol–water partition coefficient (Wildman–Crippen LogP) is 4.14. The lowest BCUT2D eigenvalue weighted by molar-refractivity contribution is -0.131. The molecule has 9 heteroatoms. The third-order valence-corrected chi connectivity index (χ3v) is 4.66. The minimum atomic E-state index is -0.479. The molecular formula is C25H24N2O7. The fourth-order valence-corrected chi connectivity index (χ4v) is 3.16. The van der Waals surface area contributed by atoms with E-state index in [9.17, 15) is 14.4 Å². The molecule has 9 nitrogen and oxygen atoms in total. The zero-order valence-corrected chi connectivity index (χ0v) is 19.1. The number of hydrogen-bond donors (Lipinski definition) is 2. The van der Waals surface area contributed by atoms with Crippen molar-refractivity contribution in [3.63, 3.8) is 0 Å². The van der Waals surface area contributed by atoms with Gasteiger partial charge >= 0.3 is 5.97 Å². The molecule has 2 N–H and O–H groups in total. The summed E-state index contributed by atoms with van der Waals surface area (Å²) in [5.41, 5.74) is 1.53. The first kappa shape index (κ1) is 24.1. The predicted molar refractivity (Wildman–Crippen MR) is 126 cm³/mol. The molecule has 0 aromatic heterocycles. The van der Waals surface area contributed by atoms with E-state index in [-0.39, 0.29) is 5.75 Å². The molecule has 0 aliphatic carbocycles. The van der Waals surface area contributed by atoms with E-state index < -0.39 is 17.8 Å². The fraction of sp³-hybridized carbons (Fsp3) is 0.160. The number of amides is 2. The second-order valence-corrected chi connectivity index (χ2v) is 7.02. The van der Waals surface area contributed by atoms with Crippen LogP contribution in [0.25, 0.3) is 0 Å². The van der Waals surface area contributed by atoms with E-state index >= 15 is 0 Å². The van der Waals surface area contributed by atoms with Crippen molar-refractivity contribution >= 4 is 29.2 Å². The Morgan fingerprint density at radius 3 is 1.76 bits per heavy atom. The van der Waals surface area contributed by atoms with Crippen molar-refractivity contribution in [2.45, 2.75) is 6.92 Å². The minimum absolute atomic E-state index is 0.270. The van der Waals surface area contributed by atoms with Gasteiger partial charge in [-0.2, -0.15) is 0 Å². The van der Waals surface area contributed by atoms with Crippen LogP contribution < -0.4 is 29.6 Å². The van der Waals surface area contributed by atoms with Gasteiger partial charge in [0.1, 0.15) is 5.75 Å². The van der Waals surface area contributed by atoms with Crippen molar-refractivity contribution in [1.82, 2.24) is 0 Å². The lowest BCUT2D eigenvalue weighted by Gasteiger charge is -2.14. The highest BCUT2D eigenvalue weighted by molar-refractivity contribution is 6.07. The lowest BCUT2D eigenvalue weighted by Crippen LogP contribution is -2.14. The molecule has 0 bridgehead atoms. The molecular weight excluding hydrogens is 440 g/mol. The molecule has 0 saturated heterocycles. The second kappa shape index (κ2) is 10.9. The van der Waals surface area contributed by atoms with E-state index in [4.69, 9.17) is 18.9 Å². The second-order valence-electron chi connectivity index (χ2n) is 7.02. The van der Waals surface area contributed by atoms with Gasteiger partial charge < -0.3 is 29.6 Å². The van der Waals surface area contributed by atoms with Crippen LogP contribution in [0.15, 0.2) is 60.7 Å². The Morgan fingerprint density at radius 1 is 0.676 bits per heavy atom. The summed E-state index contributed by atoms with van der Waals surface area (Å²) < 4.78 is 20.9. The Hall–Kier alpha value is -4.53. The van der Waals surface area contributed by atoms with E-state index in [2.05, 4.69) is 10.6 Å².